The van der Waals surface area contributed by atoms with Gasteiger partial charge in [-0.25, -0.2) is 9.55 Å². The third kappa shape index (κ3) is 3.26. The van der Waals surface area contributed by atoms with E-state index in [0.29, 0.717) is 16.7 Å². The van der Waals surface area contributed by atoms with E-state index in [4.69, 9.17) is 0 Å². The number of hydrogen-bond donors (Lipinski definition) is 2. The Hall–Kier alpha value is -3.08. The van der Waals surface area contributed by atoms with Gasteiger partial charge < -0.3 is 20.2 Å². The first-order chi connectivity index (χ1) is 11.9. The average molecular weight is 407 g/mol. The Labute approximate surface area is 148 Å². The number of benzene rings is 1. The van der Waals surface area contributed by atoms with Crippen LogP contribution in [0.15, 0.2) is 39.1 Å². The van der Waals surface area contributed by atoms with Crippen LogP contribution in [0, 0.1) is 17.0 Å². The zero-order valence-electron chi connectivity index (χ0n) is 12.8. The molecule has 0 fully saturated rings. The summed E-state index contributed by atoms with van der Waals surface area (Å²) in [7, 11) is 0. The number of nitrogens with zero attached hydrogens (tertiary/aromatic N) is 5. The first kappa shape index (κ1) is 16.8. The number of halogens is 1. The number of carbonyl (C=O) groups is 1. The van der Waals surface area contributed by atoms with Crippen molar-refractivity contribution in [1.82, 2.24) is 14.5 Å². The molecule has 0 aliphatic carbocycles. The van der Waals surface area contributed by atoms with E-state index in [1.165, 1.54) is 0 Å². The first-order valence-corrected chi connectivity index (χ1v) is 7.77. The number of aromatic nitrogens is 3. The Kier molecular flexibility index (Phi) is 4.31. The molecular weight excluding hydrogens is 396 g/mol. The van der Waals surface area contributed by atoms with Crippen LogP contribution >= 0.6 is 15.9 Å². The van der Waals surface area contributed by atoms with Crippen LogP contribution in [0.4, 0.5) is 11.5 Å². The molecule has 0 aliphatic heterocycles. The van der Waals surface area contributed by atoms with Crippen LogP contribution in [0.2, 0.25) is 0 Å². The van der Waals surface area contributed by atoms with Crippen molar-refractivity contribution in [3.63, 3.8) is 0 Å². The highest BCUT2D eigenvalue weighted by Gasteiger charge is 2.20. The van der Waals surface area contributed by atoms with E-state index in [2.05, 4.69) is 36.1 Å². The fourth-order valence-corrected chi connectivity index (χ4v) is 2.67. The molecule has 1 aromatic carbocycles. The smallest absolute Gasteiger partial charge is 0.343 e. The van der Waals surface area contributed by atoms with E-state index in [1.807, 2.05) is 0 Å². The first-order valence-electron chi connectivity index (χ1n) is 6.98. The average Bonchev–Trinajstić information content (AvgIpc) is 3.05. The SMILES string of the molecule is Cc1ncc([N+](=O)[O-])n1CC(=O)N=Nc1c(O)[nH]c2ccc(Br)cc12. The van der Waals surface area contributed by atoms with Gasteiger partial charge >= 0.3 is 11.7 Å². The molecule has 2 aromatic heterocycles. The van der Waals surface area contributed by atoms with Crippen molar-refractivity contribution in [3.05, 3.63) is 44.8 Å². The number of aromatic hydroxyl groups is 1. The number of azo groups is 1. The van der Waals surface area contributed by atoms with Gasteiger partial charge in [0.15, 0.2) is 18.1 Å². The molecule has 0 aliphatic rings. The Morgan fingerprint density at radius 1 is 1.52 bits per heavy atom. The van der Waals surface area contributed by atoms with Gasteiger partial charge in [-0.15, -0.1) is 10.2 Å². The molecule has 0 spiro atoms. The predicted molar refractivity (Wildman–Crippen MR) is 90.8 cm³/mol. The van der Waals surface area contributed by atoms with Crippen LogP contribution in [0.3, 0.4) is 0 Å². The molecule has 0 saturated heterocycles. The van der Waals surface area contributed by atoms with E-state index in [1.54, 1.807) is 25.1 Å². The number of amides is 1. The van der Waals surface area contributed by atoms with Gasteiger partial charge in [-0.05, 0) is 23.1 Å². The lowest BCUT2D eigenvalue weighted by molar-refractivity contribution is -0.392. The number of nitro groups is 1. The van der Waals surface area contributed by atoms with Crippen LogP contribution in [-0.2, 0) is 11.3 Å². The van der Waals surface area contributed by atoms with Crippen LogP contribution in [0.25, 0.3) is 10.9 Å². The number of carbonyl (C=O) groups excluding carboxylic acids is 1. The zero-order chi connectivity index (χ0) is 18.1. The summed E-state index contributed by atoms with van der Waals surface area (Å²) in [6.45, 7) is 1.17. The third-order valence-electron chi connectivity index (χ3n) is 3.49. The Bertz CT molecular complexity index is 1020. The summed E-state index contributed by atoms with van der Waals surface area (Å²) >= 11 is 3.32. The predicted octanol–water partition coefficient (Wildman–Crippen LogP) is 3.36. The number of imidazole rings is 1. The topological polar surface area (TPSA) is 139 Å². The normalized spacial score (nSPS) is 11.4. The quantitative estimate of drug-likeness (QED) is 0.388. The highest BCUT2D eigenvalue weighted by molar-refractivity contribution is 9.10. The number of aryl methyl sites for hydroxylation is 1. The minimum atomic E-state index is -0.715. The highest BCUT2D eigenvalue weighted by Crippen LogP contribution is 2.36. The van der Waals surface area contributed by atoms with Gasteiger partial charge in [0.2, 0.25) is 5.88 Å². The lowest BCUT2D eigenvalue weighted by atomic mass is 10.2. The summed E-state index contributed by atoms with van der Waals surface area (Å²) in [4.78, 5) is 28.8. The molecule has 0 atom stereocenters. The highest BCUT2D eigenvalue weighted by atomic mass is 79.9. The second-order valence-electron chi connectivity index (χ2n) is 5.11. The lowest BCUT2D eigenvalue weighted by Crippen LogP contribution is -2.11. The molecular formula is C14H11BrN6O4. The van der Waals surface area contributed by atoms with E-state index < -0.39 is 10.8 Å². The number of H-pyrrole nitrogens is 1. The number of hydrogen-bond acceptors (Lipinski definition) is 6. The van der Waals surface area contributed by atoms with Crippen molar-refractivity contribution in [2.45, 2.75) is 13.5 Å². The molecule has 0 radical (unpaired) electrons. The Morgan fingerprint density at radius 3 is 3.00 bits per heavy atom. The van der Waals surface area contributed by atoms with E-state index in [-0.39, 0.29) is 23.9 Å². The summed E-state index contributed by atoms with van der Waals surface area (Å²) in [6.07, 6.45) is 1.07. The fraction of sp³-hybridized carbons (Fsp3) is 0.143. The van der Waals surface area contributed by atoms with Crippen LogP contribution in [0.5, 0.6) is 5.88 Å². The summed E-state index contributed by atoms with van der Waals surface area (Å²) in [5, 5.41) is 28.7. The van der Waals surface area contributed by atoms with Gasteiger partial charge in [0.25, 0.3) is 0 Å². The monoisotopic (exact) mass is 406 g/mol. The van der Waals surface area contributed by atoms with E-state index in [9.17, 15) is 20.0 Å². The molecule has 10 nitrogen and oxygen atoms in total. The van der Waals surface area contributed by atoms with Crippen molar-refractivity contribution >= 4 is 44.2 Å². The van der Waals surface area contributed by atoms with Gasteiger partial charge in [0, 0.05) is 16.8 Å². The van der Waals surface area contributed by atoms with Crippen LogP contribution in [-0.4, -0.2) is 30.5 Å². The third-order valence-corrected chi connectivity index (χ3v) is 3.98. The molecule has 2 heterocycles. The molecule has 2 N–H and O–H groups in total. The fourth-order valence-electron chi connectivity index (χ4n) is 2.31. The number of nitrogens with one attached hydrogen (secondary N) is 1. The number of rotatable bonds is 4. The maximum atomic E-state index is 12.0. The number of aromatic amines is 1. The summed E-state index contributed by atoms with van der Waals surface area (Å²) in [5.74, 6) is -0.934. The largest absolute Gasteiger partial charge is 0.493 e. The second kappa shape index (κ2) is 6.43. The lowest BCUT2D eigenvalue weighted by Gasteiger charge is -1.99. The van der Waals surface area contributed by atoms with Crippen molar-refractivity contribution in [3.8, 4) is 5.88 Å². The van der Waals surface area contributed by atoms with Crippen molar-refractivity contribution < 1.29 is 14.8 Å². The Balaban J connectivity index is 1.87. The van der Waals surface area contributed by atoms with E-state index >= 15 is 0 Å². The molecule has 128 valence electrons. The standard InChI is InChI=1S/C14H11BrN6O4/c1-7-16-5-12(21(24)25)20(7)6-11(22)18-19-13-9-4-8(15)2-3-10(9)17-14(13)23/h2-5,17,23H,6H2,1H3. The van der Waals surface area contributed by atoms with Crippen molar-refractivity contribution in [1.29, 1.82) is 0 Å². The molecule has 0 saturated carbocycles. The molecule has 0 bridgehead atoms. The minimum absolute atomic E-state index is 0.113. The van der Waals surface area contributed by atoms with Crippen molar-refractivity contribution in [2.75, 3.05) is 0 Å². The van der Waals surface area contributed by atoms with Gasteiger partial charge in [0.05, 0.1) is 5.52 Å². The van der Waals surface area contributed by atoms with Crippen molar-refractivity contribution in [2.24, 2.45) is 10.2 Å². The summed E-state index contributed by atoms with van der Waals surface area (Å²) in [6, 6.07) is 5.23. The van der Waals surface area contributed by atoms with Gasteiger partial charge in [0.1, 0.15) is 6.20 Å². The van der Waals surface area contributed by atoms with Gasteiger partial charge in [-0.3, -0.25) is 4.79 Å². The second-order valence-corrected chi connectivity index (χ2v) is 6.03. The molecule has 1 amide bonds. The molecule has 3 rings (SSSR count). The summed E-state index contributed by atoms with van der Waals surface area (Å²) < 4.78 is 1.90. The molecule has 3 aromatic rings. The zero-order valence-corrected chi connectivity index (χ0v) is 14.4. The number of fused-ring (bicyclic) bond motifs is 1. The van der Waals surface area contributed by atoms with Crippen LogP contribution in [0.1, 0.15) is 5.82 Å². The molecule has 11 heteroatoms. The van der Waals surface area contributed by atoms with Gasteiger partial charge in [-0.1, -0.05) is 15.9 Å². The summed E-state index contributed by atoms with van der Waals surface area (Å²) in [5.41, 5.74) is 0.740. The maximum Gasteiger partial charge on any atom is 0.343 e. The molecule has 0 unspecified atom stereocenters. The van der Waals surface area contributed by atoms with Gasteiger partial charge in [-0.2, -0.15) is 0 Å². The Morgan fingerprint density at radius 2 is 2.28 bits per heavy atom. The minimum Gasteiger partial charge on any atom is -0.493 e. The molecule has 25 heavy (non-hydrogen) atoms. The maximum absolute atomic E-state index is 12.0. The van der Waals surface area contributed by atoms with E-state index in [0.717, 1.165) is 15.2 Å². The van der Waals surface area contributed by atoms with Crippen LogP contribution < -0.4 is 0 Å².